The molecule has 2 aromatic carbocycles. The molecule has 0 saturated carbocycles. The fourth-order valence-corrected chi connectivity index (χ4v) is 2.92. The summed E-state index contributed by atoms with van der Waals surface area (Å²) in [6.07, 6.45) is 0.521. The van der Waals surface area contributed by atoms with Gasteiger partial charge in [0.1, 0.15) is 5.82 Å². The molecule has 1 amide bonds. The Morgan fingerprint density at radius 2 is 1.85 bits per heavy atom. The second-order valence-electron chi connectivity index (χ2n) is 5.40. The molecule has 0 aliphatic rings. The van der Waals surface area contributed by atoms with Gasteiger partial charge in [0.2, 0.25) is 0 Å². The zero-order valence-corrected chi connectivity index (χ0v) is 15.0. The van der Waals surface area contributed by atoms with Crippen LogP contribution in [0.3, 0.4) is 0 Å². The lowest BCUT2D eigenvalue weighted by molar-refractivity contribution is -0.387. The Hall–Kier alpha value is -2.94. The van der Waals surface area contributed by atoms with Crippen molar-refractivity contribution >= 4 is 29.3 Å². The molecule has 9 heteroatoms. The summed E-state index contributed by atoms with van der Waals surface area (Å²) in [5.74, 6) is -1.57. The predicted molar refractivity (Wildman–Crippen MR) is 97.9 cm³/mol. The number of nitrogens with one attached hydrogen (secondary N) is 1. The second kappa shape index (κ2) is 10.3. The Balaban J connectivity index is 1.67. The number of para-hydroxylation sites is 1. The predicted octanol–water partition coefficient (Wildman–Crippen LogP) is 2.73. The molecule has 0 fully saturated rings. The van der Waals surface area contributed by atoms with Crippen LogP contribution in [0.15, 0.2) is 53.4 Å². The number of rotatable bonds is 9. The van der Waals surface area contributed by atoms with Crippen LogP contribution in [0.5, 0.6) is 0 Å². The van der Waals surface area contributed by atoms with Crippen LogP contribution in [-0.2, 0) is 20.7 Å². The number of hydrogen-bond acceptors (Lipinski definition) is 6. The van der Waals surface area contributed by atoms with Crippen molar-refractivity contribution < 1.29 is 23.6 Å². The first-order valence-electron chi connectivity index (χ1n) is 7.98. The van der Waals surface area contributed by atoms with Gasteiger partial charge < -0.3 is 10.1 Å². The molecule has 0 saturated heterocycles. The first-order valence-corrected chi connectivity index (χ1v) is 8.97. The fourth-order valence-electron chi connectivity index (χ4n) is 2.10. The highest BCUT2D eigenvalue weighted by Gasteiger charge is 2.15. The number of benzene rings is 2. The lowest BCUT2D eigenvalue weighted by Crippen LogP contribution is -2.30. The quantitative estimate of drug-likeness (QED) is 0.305. The fraction of sp³-hybridized carbons (Fsp3) is 0.222. The SMILES string of the molecule is O=C(COC(=O)CSc1ccccc1[N+](=O)[O-])NCCc1ccc(F)cc1. The molecule has 27 heavy (non-hydrogen) atoms. The van der Waals surface area contributed by atoms with Gasteiger partial charge >= 0.3 is 5.97 Å². The van der Waals surface area contributed by atoms with Gasteiger partial charge in [-0.15, -0.1) is 11.8 Å². The minimum absolute atomic E-state index is 0.0890. The molecule has 0 aromatic heterocycles. The minimum atomic E-state index is -0.646. The first-order chi connectivity index (χ1) is 13.0. The van der Waals surface area contributed by atoms with Gasteiger partial charge in [0.25, 0.3) is 11.6 Å². The van der Waals surface area contributed by atoms with E-state index in [9.17, 15) is 24.1 Å². The zero-order chi connectivity index (χ0) is 19.6. The summed E-state index contributed by atoms with van der Waals surface area (Å²) >= 11 is 0.973. The average molecular weight is 392 g/mol. The van der Waals surface area contributed by atoms with E-state index in [1.165, 1.54) is 30.3 Å². The van der Waals surface area contributed by atoms with E-state index in [-0.39, 0.29) is 17.3 Å². The molecule has 0 unspecified atom stereocenters. The smallest absolute Gasteiger partial charge is 0.316 e. The number of nitro groups is 1. The molecule has 7 nitrogen and oxygen atoms in total. The summed E-state index contributed by atoms with van der Waals surface area (Å²) in [7, 11) is 0. The van der Waals surface area contributed by atoms with E-state index in [1.54, 1.807) is 18.2 Å². The highest BCUT2D eigenvalue weighted by Crippen LogP contribution is 2.28. The van der Waals surface area contributed by atoms with Crippen molar-refractivity contribution in [3.05, 3.63) is 70.0 Å². The van der Waals surface area contributed by atoms with Gasteiger partial charge in [-0.3, -0.25) is 19.7 Å². The van der Waals surface area contributed by atoms with Gasteiger partial charge in [0.15, 0.2) is 6.61 Å². The summed E-state index contributed by atoms with van der Waals surface area (Å²) in [5, 5.41) is 13.5. The number of halogens is 1. The van der Waals surface area contributed by atoms with Gasteiger partial charge in [-0.2, -0.15) is 0 Å². The third-order valence-corrected chi connectivity index (χ3v) is 4.46. The number of esters is 1. The topological polar surface area (TPSA) is 98.5 Å². The third kappa shape index (κ3) is 7.06. The number of nitrogens with zero attached hydrogens (tertiary/aromatic N) is 1. The summed E-state index contributed by atoms with van der Waals surface area (Å²) in [4.78, 5) is 34.1. The Kier molecular flexibility index (Phi) is 7.75. The van der Waals surface area contributed by atoms with Crippen molar-refractivity contribution in [1.29, 1.82) is 0 Å². The number of hydrogen-bond donors (Lipinski definition) is 1. The Morgan fingerprint density at radius 1 is 1.15 bits per heavy atom. The van der Waals surface area contributed by atoms with Crippen LogP contribution in [0.2, 0.25) is 0 Å². The number of carbonyl (C=O) groups is 2. The Morgan fingerprint density at radius 3 is 2.56 bits per heavy atom. The van der Waals surface area contributed by atoms with Crippen molar-refractivity contribution in [1.82, 2.24) is 5.32 Å². The number of carbonyl (C=O) groups excluding carboxylic acids is 2. The van der Waals surface area contributed by atoms with E-state index in [2.05, 4.69) is 5.32 Å². The molecule has 2 rings (SSSR count). The third-order valence-electron chi connectivity index (χ3n) is 3.42. The maximum absolute atomic E-state index is 12.8. The number of nitro benzene ring substituents is 1. The Bertz CT molecular complexity index is 814. The molecular formula is C18H17FN2O5S. The van der Waals surface area contributed by atoms with Crippen molar-refractivity contribution in [2.75, 3.05) is 18.9 Å². The monoisotopic (exact) mass is 392 g/mol. The van der Waals surface area contributed by atoms with Gasteiger partial charge in [-0.1, -0.05) is 24.3 Å². The van der Waals surface area contributed by atoms with Gasteiger partial charge in [-0.05, 0) is 30.2 Å². The summed E-state index contributed by atoms with van der Waals surface area (Å²) < 4.78 is 17.6. The highest BCUT2D eigenvalue weighted by molar-refractivity contribution is 8.00. The van der Waals surface area contributed by atoms with E-state index in [1.807, 2.05) is 0 Å². The summed E-state index contributed by atoms with van der Waals surface area (Å²) in [5.41, 5.74) is 0.781. The van der Waals surface area contributed by atoms with Crippen LogP contribution in [-0.4, -0.2) is 35.7 Å². The summed E-state index contributed by atoms with van der Waals surface area (Å²) in [6.45, 7) is -0.104. The second-order valence-corrected chi connectivity index (χ2v) is 6.42. The lowest BCUT2D eigenvalue weighted by Gasteiger charge is -2.07. The maximum Gasteiger partial charge on any atom is 0.316 e. The molecule has 0 aliphatic carbocycles. The van der Waals surface area contributed by atoms with E-state index in [0.717, 1.165) is 17.3 Å². The van der Waals surface area contributed by atoms with Crippen LogP contribution in [0.1, 0.15) is 5.56 Å². The minimum Gasteiger partial charge on any atom is -0.455 e. The van der Waals surface area contributed by atoms with Crippen LogP contribution in [0.25, 0.3) is 0 Å². The van der Waals surface area contributed by atoms with E-state index in [0.29, 0.717) is 17.9 Å². The first kappa shape index (κ1) is 20.4. The highest BCUT2D eigenvalue weighted by atomic mass is 32.2. The molecule has 0 heterocycles. The average Bonchev–Trinajstić information content (AvgIpc) is 2.66. The number of thioether (sulfide) groups is 1. The molecule has 0 radical (unpaired) electrons. The van der Waals surface area contributed by atoms with E-state index >= 15 is 0 Å². The van der Waals surface area contributed by atoms with Gasteiger partial charge in [0.05, 0.1) is 15.6 Å². The van der Waals surface area contributed by atoms with E-state index < -0.39 is 23.4 Å². The maximum atomic E-state index is 12.8. The molecule has 0 atom stereocenters. The Labute approximate surface area is 159 Å². The van der Waals surface area contributed by atoms with Crippen LogP contribution in [0.4, 0.5) is 10.1 Å². The van der Waals surface area contributed by atoms with E-state index in [4.69, 9.17) is 4.74 Å². The summed E-state index contributed by atoms with van der Waals surface area (Å²) in [6, 6.07) is 12.0. The van der Waals surface area contributed by atoms with Crippen molar-refractivity contribution in [3.8, 4) is 0 Å². The lowest BCUT2D eigenvalue weighted by atomic mass is 10.1. The normalized spacial score (nSPS) is 10.3. The molecule has 0 aliphatic heterocycles. The van der Waals surface area contributed by atoms with Crippen LogP contribution >= 0.6 is 11.8 Å². The molecule has 0 bridgehead atoms. The van der Waals surface area contributed by atoms with Gasteiger partial charge in [-0.25, -0.2) is 4.39 Å². The van der Waals surface area contributed by atoms with Crippen molar-refractivity contribution in [3.63, 3.8) is 0 Å². The van der Waals surface area contributed by atoms with Gasteiger partial charge in [0, 0.05) is 12.6 Å². The largest absolute Gasteiger partial charge is 0.455 e. The van der Waals surface area contributed by atoms with Crippen molar-refractivity contribution in [2.45, 2.75) is 11.3 Å². The molecule has 142 valence electrons. The molecule has 2 aromatic rings. The molecule has 1 N–H and O–H groups in total. The van der Waals surface area contributed by atoms with Crippen LogP contribution in [0, 0.1) is 15.9 Å². The molecule has 0 spiro atoms. The standard InChI is InChI=1S/C18H17FN2O5S/c19-14-7-5-13(6-8-14)9-10-20-17(22)11-26-18(23)12-27-16-4-2-1-3-15(16)21(24)25/h1-8H,9-12H2,(H,20,22). The van der Waals surface area contributed by atoms with Crippen molar-refractivity contribution in [2.24, 2.45) is 0 Å². The zero-order valence-electron chi connectivity index (χ0n) is 14.2. The number of ether oxygens (including phenoxy) is 1. The number of amides is 1. The van der Waals surface area contributed by atoms with Crippen LogP contribution < -0.4 is 5.32 Å². The molecular weight excluding hydrogens is 375 g/mol.